The lowest BCUT2D eigenvalue weighted by atomic mass is 9.68. The molecule has 4 aliphatic carbocycles. The van der Waals surface area contributed by atoms with E-state index < -0.39 is 0 Å². The van der Waals surface area contributed by atoms with Gasteiger partial charge in [-0.15, -0.1) is 7.92 Å². The Bertz CT molecular complexity index is 496. The van der Waals surface area contributed by atoms with Crippen LogP contribution >= 0.6 is 7.92 Å². The van der Waals surface area contributed by atoms with E-state index >= 15 is 0 Å². The van der Waals surface area contributed by atoms with Gasteiger partial charge in [0, 0.05) is 18.1 Å². The minimum absolute atomic E-state index is 0.288. The Morgan fingerprint density at radius 1 is 0.731 bits per heavy atom. The van der Waals surface area contributed by atoms with Gasteiger partial charge in [-0.05, 0) is 106 Å². The molecule has 1 nitrogen and oxygen atoms in total. The predicted molar refractivity (Wildman–Crippen MR) is 114 cm³/mol. The van der Waals surface area contributed by atoms with E-state index in [0.717, 1.165) is 53.4 Å². The van der Waals surface area contributed by atoms with E-state index in [1.165, 1.54) is 44.9 Å². The zero-order valence-corrected chi connectivity index (χ0v) is 18.5. The molecule has 148 valence electrons. The largest absolute Gasteiger partial charge is 0.294 e. The van der Waals surface area contributed by atoms with Crippen LogP contribution in [0.5, 0.6) is 0 Å². The Morgan fingerprint density at radius 2 is 1.50 bits per heavy atom. The number of fused-ring (bicyclic) bond motifs is 5. The van der Waals surface area contributed by atoms with Gasteiger partial charge >= 0.3 is 0 Å². The number of nitrogens with zero attached hydrogens (tertiary/aromatic N) is 1. The highest BCUT2D eigenvalue weighted by Gasteiger charge is 2.59. The van der Waals surface area contributed by atoms with Crippen molar-refractivity contribution in [2.24, 2.45) is 29.6 Å². The van der Waals surface area contributed by atoms with Crippen LogP contribution < -0.4 is 0 Å². The topological polar surface area (TPSA) is 3.24 Å². The Morgan fingerprint density at radius 3 is 2.27 bits per heavy atom. The van der Waals surface area contributed by atoms with Crippen molar-refractivity contribution in [3.8, 4) is 0 Å². The molecule has 2 heteroatoms. The lowest BCUT2D eigenvalue weighted by Gasteiger charge is -2.44. The first-order valence-corrected chi connectivity index (χ1v) is 14.4. The van der Waals surface area contributed by atoms with Crippen LogP contribution in [0.4, 0.5) is 0 Å². The fourth-order valence-corrected chi connectivity index (χ4v) is 9.90. The summed E-state index contributed by atoms with van der Waals surface area (Å²) in [5, 5.41) is 0. The standard InChI is InChI=1S/C24H42NP/c1-16-8-13-22-21(14-16)24-20-7-5-4-6-17(20)15-23(24)25(22)18-9-11-19(12-10-18)26(2)3/h16-24H,4-15H2,1-3H3. The van der Waals surface area contributed by atoms with Gasteiger partial charge in [0.1, 0.15) is 0 Å². The van der Waals surface area contributed by atoms with E-state index in [9.17, 15) is 0 Å². The first-order valence-electron chi connectivity index (χ1n) is 12.1. The highest BCUT2D eigenvalue weighted by atomic mass is 31.1. The maximum absolute atomic E-state index is 3.23. The molecule has 0 aromatic carbocycles. The summed E-state index contributed by atoms with van der Waals surface area (Å²) in [5.41, 5.74) is 1.08. The quantitative estimate of drug-likeness (QED) is 0.508. The molecule has 0 bridgehead atoms. The molecule has 0 spiro atoms. The second kappa shape index (κ2) is 7.33. The van der Waals surface area contributed by atoms with Gasteiger partial charge in [-0.3, -0.25) is 4.90 Å². The molecule has 0 aromatic heterocycles. The molecule has 7 atom stereocenters. The van der Waals surface area contributed by atoms with Gasteiger partial charge in [0.15, 0.2) is 0 Å². The van der Waals surface area contributed by atoms with Crippen LogP contribution in [0.1, 0.15) is 84.0 Å². The van der Waals surface area contributed by atoms with Gasteiger partial charge in [-0.1, -0.05) is 26.2 Å². The molecule has 5 rings (SSSR count). The molecular formula is C24H42NP. The van der Waals surface area contributed by atoms with E-state index in [0.29, 0.717) is 0 Å². The lowest BCUT2D eigenvalue weighted by Crippen LogP contribution is -2.48. The van der Waals surface area contributed by atoms with Gasteiger partial charge in [0.05, 0.1) is 0 Å². The molecule has 1 heterocycles. The number of likely N-dealkylation sites (tertiary alicyclic amines) is 1. The van der Waals surface area contributed by atoms with E-state index in [1.54, 1.807) is 32.1 Å². The molecule has 0 N–H and O–H groups in total. The average Bonchev–Trinajstić information content (AvgIpc) is 3.16. The van der Waals surface area contributed by atoms with Crippen molar-refractivity contribution in [2.45, 2.75) is 108 Å². The molecule has 26 heavy (non-hydrogen) atoms. The molecule has 0 radical (unpaired) electrons. The Kier molecular flexibility index (Phi) is 5.19. The third kappa shape index (κ3) is 3.03. The summed E-state index contributed by atoms with van der Waals surface area (Å²) in [5.74, 6) is 5.39. The van der Waals surface area contributed by atoms with Crippen molar-refractivity contribution in [1.29, 1.82) is 0 Å². The Balaban J connectivity index is 1.38. The normalized spacial score (nSPS) is 51.9. The molecule has 1 saturated heterocycles. The predicted octanol–water partition coefficient (Wildman–Crippen LogP) is 6.35. The molecule has 0 aromatic rings. The average molecular weight is 376 g/mol. The minimum atomic E-state index is 0.288. The molecule has 4 saturated carbocycles. The maximum atomic E-state index is 3.23. The molecule has 7 unspecified atom stereocenters. The monoisotopic (exact) mass is 375 g/mol. The van der Waals surface area contributed by atoms with E-state index in [4.69, 9.17) is 0 Å². The minimum Gasteiger partial charge on any atom is -0.294 e. The second-order valence-corrected chi connectivity index (χ2v) is 13.8. The first-order chi connectivity index (χ1) is 12.6. The maximum Gasteiger partial charge on any atom is 0.0138 e. The number of rotatable bonds is 2. The Labute approximate surface area is 163 Å². The van der Waals surface area contributed by atoms with Gasteiger partial charge in [-0.25, -0.2) is 0 Å². The zero-order valence-electron chi connectivity index (χ0n) is 17.6. The van der Waals surface area contributed by atoms with Crippen molar-refractivity contribution in [3.63, 3.8) is 0 Å². The smallest absolute Gasteiger partial charge is 0.0138 e. The SMILES string of the molecule is CC1CCC2C(C1)C1C3CCCCC3CC1N2C1CCC(P(C)C)CC1. The van der Waals surface area contributed by atoms with Gasteiger partial charge in [0.2, 0.25) is 0 Å². The van der Waals surface area contributed by atoms with Crippen molar-refractivity contribution < 1.29 is 0 Å². The number of hydrogen-bond donors (Lipinski definition) is 0. The van der Waals surface area contributed by atoms with Crippen LogP contribution in [-0.4, -0.2) is 42.0 Å². The second-order valence-electron chi connectivity index (χ2n) is 11.1. The van der Waals surface area contributed by atoms with Crippen LogP contribution in [0.2, 0.25) is 0 Å². The molecule has 5 fully saturated rings. The van der Waals surface area contributed by atoms with Crippen LogP contribution in [0.3, 0.4) is 0 Å². The summed E-state index contributed by atoms with van der Waals surface area (Å²) in [6.45, 7) is 7.59. The lowest BCUT2D eigenvalue weighted by molar-refractivity contribution is 0.0582. The third-order valence-corrected chi connectivity index (χ3v) is 11.6. The summed E-state index contributed by atoms with van der Waals surface area (Å²) in [6.07, 6.45) is 18.6. The van der Waals surface area contributed by atoms with Crippen molar-refractivity contribution in [2.75, 3.05) is 13.3 Å². The zero-order chi connectivity index (χ0) is 17.8. The third-order valence-electron chi connectivity index (χ3n) is 9.65. The highest BCUT2D eigenvalue weighted by Crippen LogP contribution is 2.60. The summed E-state index contributed by atoms with van der Waals surface area (Å²) in [4.78, 5) is 3.23. The highest BCUT2D eigenvalue weighted by molar-refractivity contribution is 7.56. The van der Waals surface area contributed by atoms with Crippen molar-refractivity contribution in [1.82, 2.24) is 4.90 Å². The van der Waals surface area contributed by atoms with Gasteiger partial charge < -0.3 is 0 Å². The fraction of sp³-hybridized carbons (Fsp3) is 1.00. The number of hydrogen-bond acceptors (Lipinski definition) is 1. The van der Waals surface area contributed by atoms with Gasteiger partial charge in [0.25, 0.3) is 0 Å². The first kappa shape index (κ1) is 18.4. The van der Waals surface area contributed by atoms with E-state index in [1.807, 2.05) is 0 Å². The van der Waals surface area contributed by atoms with E-state index in [2.05, 4.69) is 25.2 Å². The van der Waals surface area contributed by atoms with E-state index in [-0.39, 0.29) is 7.92 Å². The summed E-state index contributed by atoms with van der Waals surface area (Å²) in [7, 11) is 0.288. The van der Waals surface area contributed by atoms with Crippen LogP contribution in [0.15, 0.2) is 0 Å². The fourth-order valence-electron chi connectivity index (χ4n) is 8.56. The Hall–Kier alpha value is 0.390. The van der Waals surface area contributed by atoms with Crippen molar-refractivity contribution in [3.05, 3.63) is 0 Å². The van der Waals surface area contributed by atoms with Gasteiger partial charge in [-0.2, -0.15) is 0 Å². The summed E-state index contributed by atoms with van der Waals surface area (Å²) in [6, 6.07) is 2.93. The van der Waals surface area contributed by atoms with Crippen LogP contribution in [0.25, 0.3) is 0 Å². The van der Waals surface area contributed by atoms with Crippen LogP contribution in [0, 0.1) is 29.6 Å². The molecule has 1 aliphatic heterocycles. The molecule has 0 amide bonds. The van der Waals surface area contributed by atoms with Crippen molar-refractivity contribution >= 4 is 7.92 Å². The molecular weight excluding hydrogens is 333 g/mol. The van der Waals surface area contributed by atoms with Crippen LogP contribution in [-0.2, 0) is 0 Å². The molecule has 5 aliphatic rings. The summed E-state index contributed by atoms with van der Waals surface area (Å²) < 4.78 is 0. The summed E-state index contributed by atoms with van der Waals surface area (Å²) >= 11 is 0.